The number of nitrogens with zero attached hydrogens (tertiary/aromatic N) is 2. The van der Waals surface area contributed by atoms with E-state index in [1.54, 1.807) is 26.2 Å². The van der Waals surface area contributed by atoms with E-state index in [1.807, 2.05) is 6.07 Å². The molecule has 0 aliphatic heterocycles. The predicted molar refractivity (Wildman–Crippen MR) is 67.3 cm³/mol. The van der Waals surface area contributed by atoms with Crippen LogP contribution in [-0.4, -0.2) is 29.4 Å². The van der Waals surface area contributed by atoms with E-state index in [4.69, 9.17) is 11.6 Å². The van der Waals surface area contributed by atoms with Crippen LogP contribution in [0, 0.1) is 0 Å². The van der Waals surface area contributed by atoms with Gasteiger partial charge in [0.05, 0.1) is 4.70 Å². The number of rotatable bonds is 1. The van der Waals surface area contributed by atoms with E-state index in [1.165, 1.54) is 16.4 Å². The molecule has 0 aliphatic carbocycles. The number of carbonyl (C=O) groups is 1. The zero-order valence-corrected chi connectivity index (χ0v) is 10.4. The number of urea groups is 1. The van der Waals surface area contributed by atoms with Gasteiger partial charge in [-0.25, -0.2) is 4.79 Å². The molecule has 0 fully saturated rings. The molecule has 16 heavy (non-hydrogen) atoms. The second-order valence-corrected chi connectivity index (χ2v) is 4.74. The van der Waals surface area contributed by atoms with Crippen molar-refractivity contribution in [2.45, 2.75) is 0 Å². The van der Waals surface area contributed by atoms with Gasteiger partial charge in [-0.3, -0.25) is 5.32 Å². The Balaban J connectivity index is 2.38. The standard InChI is InChI=1S/C10H10ClN3OS/c1-14(2)10(15)12-9-7-5-6(11)3-4-8(7)16-13-9/h3-5H,1-2H3,(H,12,13,15). The van der Waals surface area contributed by atoms with Crippen molar-refractivity contribution in [3.63, 3.8) is 0 Å². The van der Waals surface area contributed by atoms with Crippen molar-refractivity contribution in [2.24, 2.45) is 0 Å². The van der Waals surface area contributed by atoms with Crippen LogP contribution in [0.3, 0.4) is 0 Å². The van der Waals surface area contributed by atoms with Crippen molar-refractivity contribution in [1.82, 2.24) is 9.27 Å². The fraction of sp³-hybridized carbons (Fsp3) is 0.200. The van der Waals surface area contributed by atoms with Crippen LogP contribution < -0.4 is 5.32 Å². The number of carbonyl (C=O) groups excluding carboxylic acids is 1. The number of fused-ring (bicyclic) bond motifs is 1. The highest BCUT2D eigenvalue weighted by Crippen LogP contribution is 2.29. The molecule has 0 saturated carbocycles. The third-order valence-corrected chi connectivity index (χ3v) is 3.13. The Morgan fingerprint density at radius 3 is 2.94 bits per heavy atom. The fourth-order valence-corrected chi connectivity index (χ4v) is 2.10. The third kappa shape index (κ3) is 2.10. The SMILES string of the molecule is CN(C)C(=O)Nc1nsc2ccc(Cl)cc12. The van der Waals surface area contributed by atoms with Gasteiger partial charge in [-0.1, -0.05) is 11.6 Å². The number of hydrogen-bond donors (Lipinski definition) is 1. The molecule has 0 atom stereocenters. The van der Waals surface area contributed by atoms with Crippen LogP contribution in [0.2, 0.25) is 5.02 Å². The second-order valence-electron chi connectivity index (χ2n) is 3.50. The molecular weight excluding hydrogens is 246 g/mol. The zero-order chi connectivity index (χ0) is 11.7. The Morgan fingerprint density at radius 2 is 2.25 bits per heavy atom. The van der Waals surface area contributed by atoms with E-state index in [0.29, 0.717) is 10.8 Å². The maximum atomic E-state index is 11.5. The molecule has 0 saturated heterocycles. The number of amides is 2. The number of hydrogen-bond acceptors (Lipinski definition) is 3. The Kier molecular flexibility index (Phi) is 2.98. The Hall–Kier alpha value is -1.33. The summed E-state index contributed by atoms with van der Waals surface area (Å²) >= 11 is 7.23. The van der Waals surface area contributed by atoms with Gasteiger partial charge < -0.3 is 4.90 Å². The van der Waals surface area contributed by atoms with Gasteiger partial charge in [0.2, 0.25) is 0 Å². The number of anilines is 1. The average molecular weight is 256 g/mol. The lowest BCUT2D eigenvalue weighted by Gasteiger charge is -2.10. The van der Waals surface area contributed by atoms with Crippen molar-refractivity contribution in [1.29, 1.82) is 0 Å². The summed E-state index contributed by atoms with van der Waals surface area (Å²) in [6, 6.07) is 5.29. The number of nitrogens with one attached hydrogen (secondary N) is 1. The van der Waals surface area contributed by atoms with Crippen molar-refractivity contribution in [2.75, 3.05) is 19.4 Å². The highest BCUT2D eigenvalue weighted by molar-refractivity contribution is 7.13. The monoisotopic (exact) mass is 255 g/mol. The van der Waals surface area contributed by atoms with Crippen molar-refractivity contribution in [3.8, 4) is 0 Å². The van der Waals surface area contributed by atoms with E-state index in [-0.39, 0.29) is 6.03 Å². The fourth-order valence-electron chi connectivity index (χ4n) is 1.21. The number of halogens is 1. The van der Waals surface area contributed by atoms with Gasteiger partial charge in [0.1, 0.15) is 0 Å². The molecule has 1 N–H and O–H groups in total. The van der Waals surface area contributed by atoms with Crippen LogP contribution in [-0.2, 0) is 0 Å². The minimum Gasteiger partial charge on any atom is -0.331 e. The maximum absolute atomic E-state index is 11.5. The van der Waals surface area contributed by atoms with Crippen molar-refractivity contribution in [3.05, 3.63) is 23.2 Å². The summed E-state index contributed by atoms with van der Waals surface area (Å²) in [5.74, 6) is 0.557. The minimum absolute atomic E-state index is 0.202. The quantitative estimate of drug-likeness (QED) is 0.851. The Morgan fingerprint density at radius 1 is 1.50 bits per heavy atom. The normalized spacial score (nSPS) is 10.4. The molecule has 2 aromatic rings. The first kappa shape index (κ1) is 11.2. The summed E-state index contributed by atoms with van der Waals surface area (Å²) < 4.78 is 5.18. The highest BCUT2D eigenvalue weighted by Gasteiger charge is 2.10. The van der Waals surface area contributed by atoms with Gasteiger partial charge in [0, 0.05) is 24.5 Å². The first-order chi connectivity index (χ1) is 7.58. The highest BCUT2D eigenvalue weighted by atomic mass is 35.5. The van der Waals surface area contributed by atoms with E-state index in [9.17, 15) is 4.79 Å². The van der Waals surface area contributed by atoms with Gasteiger partial charge in [-0.05, 0) is 29.7 Å². The second kappa shape index (κ2) is 4.27. The lowest BCUT2D eigenvalue weighted by Crippen LogP contribution is -2.27. The molecule has 0 aliphatic rings. The van der Waals surface area contributed by atoms with Crippen LogP contribution in [0.15, 0.2) is 18.2 Å². The van der Waals surface area contributed by atoms with Gasteiger partial charge in [0.25, 0.3) is 0 Å². The Bertz CT molecular complexity index is 538. The number of aromatic nitrogens is 1. The molecule has 0 radical (unpaired) electrons. The molecule has 1 aromatic carbocycles. The van der Waals surface area contributed by atoms with Crippen LogP contribution in [0.5, 0.6) is 0 Å². The third-order valence-electron chi connectivity index (χ3n) is 2.06. The molecule has 6 heteroatoms. The van der Waals surface area contributed by atoms with E-state index < -0.39 is 0 Å². The van der Waals surface area contributed by atoms with Gasteiger partial charge in [-0.2, -0.15) is 4.37 Å². The summed E-state index contributed by atoms with van der Waals surface area (Å²) in [6.07, 6.45) is 0. The summed E-state index contributed by atoms with van der Waals surface area (Å²) in [5, 5.41) is 4.22. The predicted octanol–water partition coefficient (Wildman–Crippen LogP) is 3.04. The molecule has 2 amide bonds. The van der Waals surface area contributed by atoms with E-state index in [0.717, 1.165) is 10.1 Å². The Labute approximate surface area is 102 Å². The summed E-state index contributed by atoms with van der Waals surface area (Å²) in [4.78, 5) is 12.9. The maximum Gasteiger partial charge on any atom is 0.322 e. The van der Waals surface area contributed by atoms with Crippen molar-refractivity contribution < 1.29 is 4.79 Å². The molecule has 84 valence electrons. The minimum atomic E-state index is -0.202. The van der Waals surface area contributed by atoms with Crippen LogP contribution in [0.25, 0.3) is 10.1 Å². The molecule has 2 rings (SSSR count). The molecule has 0 bridgehead atoms. The molecule has 1 heterocycles. The lowest BCUT2D eigenvalue weighted by atomic mass is 10.2. The van der Waals surface area contributed by atoms with Crippen LogP contribution >= 0.6 is 23.1 Å². The summed E-state index contributed by atoms with van der Waals surface area (Å²) in [7, 11) is 3.35. The van der Waals surface area contributed by atoms with Gasteiger partial charge in [-0.15, -0.1) is 0 Å². The lowest BCUT2D eigenvalue weighted by molar-refractivity contribution is 0.230. The first-order valence-corrected chi connectivity index (χ1v) is 5.76. The van der Waals surface area contributed by atoms with Crippen LogP contribution in [0.1, 0.15) is 0 Å². The van der Waals surface area contributed by atoms with Gasteiger partial charge >= 0.3 is 6.03 Å². The molecule has 0 spiro atoms. The first-order valence-electron chi connectivity index (χ1n) is 4.61. The number of benzene rings is 1. The van der Waals surface area contributed by atoms with Crippen molar-refractivity contribution >= 4 is 45.1 Å². The smallest absolute Gasteiger partial charge is 0.322 e. The largest absolute Gasteiger partial charge is 0.331 e. The van der Waals surface area contributed by atoms with E-state index >= 15 is 0 Å². The molecule has 1 aromatic heterocycles. The van der Waals surface area contributed by atoms with Gasteiger partial charge in [0.15, 0.2) is 5.82 Å². The molecular formula is C10H10ClN3OS. The zero-order valence-electron chi connectivity index (χ0n) is 8.82. The summed E-state index contributed by atoms with van der Waals surface area (Å²) in [6.45, 7) is 0. The average Bonchev–Trinajstić information content (AvgIpc) is 2.61. The molecule has 4 nitrogen and oxygen atoms in total. The molecule has 0 unspecified atom stereocenters. The van der Waals surface area contributed by atoms with E-state index in [2.05, 4.69) is 9.69 Å². The topological polar surface area (TPSA) is 45.2 Å². The van der Waals surface area contributed by atoms with Crippen LogP contribution in [0.4, 0.5) is 10.6 Å². The summed E-state index contributed by atoms with van der Waals surface area (Å²) in [5.41, 5.74) is 0.